The van der Waals surface area contributed by atoms with E-state index in [1.165, 1.54) is 6.07 Å². The van der Waals surface area contributed by atoms with Crippen LogP contribution in [0.4, 0.5) is 5.69 Å². The van der Waals surface area contributed by atoms with E-state index in [1.54, 1.807) is 32.0 Å². The van der Waals surface area contributed by atoms with Crippen LogP contribution in [0.5, 0.6) is 0 Å². The number of primary amides is 1. The number of nitrogens with zero attached hydrogens (tertiary/aromatic N) is 1. The Labute approximate surface area is 105 Å². The summed E-state index contributed by atoms with van der Waals surface area (Å²) in [6, 6.07) is 6.55. The van der Waals surface area contributed by atoms with E-state index in [9.17, 15) is 14.9 Å². The molecule has 0 unspecified atom stereocenters. The van der Waals surface area contributed by atoms with Gasteiger partial charge in [-0.15, -0.1) is 0 Å². The van der Waals surface area contributed by atoms with Gasteiger partial charge in [-0.25, -0.2) is 0 Å². The van der Waals surface area contributed by atoms with Crippen molar-refractivity contribution < 1.29 is 9.72 Å². The number of amides is 1. The number of carbonyl (C=O) groups excluding carboxylic acids is 1. The van der Waals surface area contributed by atoms with Gasteiger partial charge in [0, 0.05) is 18.2 Å². The molecule has 0 aliphatic rings. The molecule has 3 N–H and O–H groups in total. The largest absolute Gasteiger partial charge is 0.368 e. The molecule has 0 fully saturated rings. The molecular formula is C12H17N3O3. The molecule has 0 heterocycles. The van der Waals surface area contributed by atoms with E-state index in [0.29, 0.717) is 18.5 Å². The Morgan fingerprint density at radius 1 is 1.44 bits per heavy atom. The van der Waals surface area contributed by atoms with Gasteiger partial charge in [-0.3, -0.25) is 14.9 Å². The molecule has 0 aliphatic heterocycles. The average molecular weight is 251 g/mol. The number of para-hydroxylation sites is 1. The monoisotopic (exact) mass is 251 g/mol. The quantitative estimate of drug-likeness (QED) is 0.581. The molecule has 1 rings (SSSR count). The van der Waals surface area contributed by atoms with E-state index in [0.717, 1.165) is 0 Å². The second kappa shape index (κ2) is 5.59. The number of carbonyl (C=O) groups is 1. The van der Waals surface area contributed by atoms with Gasteiger partial charge < -0.3 is 11.1 Å². The van der Waals surface area contributed by atoms with Gasteiger partial charge >= 0.3 is 0 Å². The highest BCUT2D eigenvalue weighted by Crippen LogP contribution is 2.17. The van der Waals surface area contributed by atoms with Crippen LogP contribution in [0.2, 0.25) is 0 Å². The number of nitro groups is 1. The lowest BCUT2D eigenvalue weighted by Crippen LogP contribution is -2.51. The maximum atomic E-state index is 11.1. The van der Waals surface area contributed by atoms with Crippen LogP contribution in [0, 0.1) is 10.1 Å². The predicted octanol–water partition coefficient (Wildman–Crippen LogP) is 0.991. The Balaban J connectivity index is 2.65. The zero-order valence-electron chi connectivity index (χ0n) is 10.5. The van der Waals surface area contributed by atoms with E-state index in [2.05, 4.69) is 5.32 Å². The Hall–Kier alpha value is -1.95. The molecule has 6 nitrogen and oxygen atoms in total. The smallest absolute Gasteiger partial charge is 0.272 e. The molecule has 0 aromatic heterocycles. The summed E-state index contributed by atoms with van der Waals surface area (Å²) >= 11 is 0. The van der Waals surface area contributed by atoms with Crippen LogP contribution in [0.25, 0.3) is 0 Å². The van der Waals surface area contributed by atoms with Crippen molar-refractivity contribution in [2.24, 2.45) is 5.73 Å². The lowest BCUT2D eigenvalue weighted by Gasteiger charge is -2.22. The van der Waals surface area contributed by atoms with E-state index in [4.69, 9.17) is 5.73 Å². The highest BCUT2D eigenvalue weighted by atomic mass is 16.6. The summed E-state index contributed by atoms with van der Waals surface area (Å²) < 4.78 is 0. The number of benzene rings is 1. The average Bonchev–Trinajstić information content (AvgIpc) is 2.29. The number of hydrogen-bond donors (Lipinski definition) is 2. The number of nitrogens with two attached hydrogens (primary N) is 1. The standard InChI is InChI=1S/C12H17N3O3/c1-12(2,11(13)16)14-8-7-9-5-3-4-6-10(9)15(17)18/h3-6,14H,7-8H2,1-2H3,(H2,13,16). The molecule has 0 saturated heterocycles. The molecule has 0 spiro atoms. The van der Waals surface area contributed by atoms with E-state index in [-0.39, 0.29) is 5.69 Å². The van der Waals surface area contributed by atoms with Crippen molar-refractivity contribution in [1.82, 2.24) is 5.32 Å². The Morgan fingerprint density at radius 2 is 2.06 bits per heavy atom. The van der Waals surface area contributed by atoms with Crippen LogP contribution in [-0.4, -0.2) is 22.9 Å². The molecule has 1 amide bonds. The van der Waals surface area contributed by atoms with E-state index in [1.807, 2.05) is 0 Å². The van der Waals surface area contributed by atoms with Gasteiger partial charge in [-0.2, -0.15) is 0 Å². The van der Waals surface area contributed by atoms with Crippen LogP contribution < -0.4 is 11.1 Å². The van der Waals surface area contributed by atoms with E-state index < -0.39 is 16.4 Å². The summed E-state index contributed by atoms with van der Waals surface area (Å²) in [5.74, 6) is -0.454. The van der Waals surface area contributed by atoms with Crippen LogP contribution >= 0.6 is 0 Å². The second-order valence-corrected chi connectivity index (χ2v) is 4.55. The van der Waals surface area contributed by atoms with Crippen molar-refractivity contribution in [3.63, 3.8) is 0 Å². The molecule has 6 heteroatoms. The number of hydrogen-bond acceptors (Lipinski definition) is 4. The topological polar surface area (TPSA) is 98.3 Å². The Morgan fingerprint density at radius 3 is 2.61 bits per heavy atom. The van der Waals surface area contributed by atoms with Crippen molar-refractivity contribution >= 4 is 11.6 Å². The zero-order valence-corrected chi connectivity index (χ0v) is 10.5. The van der Waals surface area contributed by atoms with E-state index >= 15 is 0 Å². The van der Waals surface area contributed by atoms with Crippen LogP contribution in [0.1, 0.15) is 19.4 Å². The summed E-state index contributed by atoms with van der Waals surface area (Å²) in [7, 11) is 0. The second-order valence-electron chi connectivity index (χ2n) is 4.55. The molecule has 98 valence electrons. The van der Waals surface area contributed by atoms with Gasteiger partial charge in [0.05, 0.1) is 10.5 Å². The molecule has 0 aliphatic carbocycles. The third-order valence-corrected chi connectivity index (χ3v) is 2.77. The van der Waals surface area contributed by atoms with Gasteiger partial charge in [0.15, 0.2) is 0 Å². The van der Waals surface area contributed by atoms with Crippen LogP contribution in [-0.2, 0) is 11.2 Å². The molecule has 0 radical (unpaired) electrons. The molecule has 0 atom stereocenters. The first-order valence-corrected chi connectivity index (χ1v) is 5.62. The minimum atomic E-state index is -0.816. The molecule has 1 aromatic rings. The van der Waals surface area contributed by atoms with Crippen LogP contribution in [0.3, 0.4) is 0 Å². The van der Waals surface area contributed by atoms with Crippen molar-refractivity contribution in [2.75, 3.05) is 6.54 Å². The number of nitrogens with one attached hydrogen (secondary N) is 1. The first kappa shape index (κ1) is 14.1. The summed E-state index contributed by atoms with van der Waals surface area (Å²) in [6.45, 7) is 3.80. The van der Waals surface area contributed by atoms with Crippen molar-refractivity contribution in [3.8, 4) is 0 Å². The molecule has 1 aromatic carbocycles. The van der Waals surface area contributed by atoms with Crippen molar-refractivity contribution in [2.45, 2.75) is 25.8 Å². The predicted molar refractivity (Wildman–Crippen MR) is 68.1 cm³/mol. The highest BCUT2D eigenvalue weighted by Gasteiger charge is 2.23. The van der Waals surface area contributed by atoms with Gasteiger partial charge in [0.25, 0.3) is 5.69 Å². The fraction of sp³-hybridized carbons (Fsp3) is 0.417. The van der Waals surface area contributed by atoms with Gasteiger partial charge in [-0.1, -0.05) is 18.2 Å². The fourth-order valence-electron chi connectivity index (χ4n) is 1.50. The van der Waals surface area contributed by atoms with Crippen LogP contribution in [0.15, 0.2) is 24.3 Å². The van der Waals surface area contributed by atoms with Gasteiger partial charge in [0.1, 0.15) is 0 Å². The summed E-state index contributed by atoms with van der Waals surface area (Å²) in [4.78, 5) is 21.5. The summed E-state index contributed by atoms with van der Waals surface area (Å²) in [6.07, 6.45) is 0.466. The summed E-state index contributed by atoms with van der Waals surface area (Å²) in [5.41, 5.74) is 5.13. The third-order valence-electron chi connectivity index (χ3n) is 2.77. The molecule has 18 heavy (non-hydrogen) atoms. The number of nitro benzene ring substituents is 1. The first-order chi connectivity index (χ1) is 8.34. The SMILES string of the molecule is CC(C)(NCCc1ccccc1[N+](=O)[O-])C(N)=O. The molecule has 0 bridgehead atoms. The highest BCUT2D eigenvalue weighted by molar-refractivity contribution is 5.83. The zero-order chi connectivity index (χ0) is 13.8. The minimum Gasteiger partial charge on any atom is -0.368 e. The number of rotatable bonds is 6. The first-order valence-electron chi connectivity index (χ1n) is 5.62. The minimum absolute atomic E-state index is 0.0937. The van der Waals surface area contributed by atoms with Gasteiger partial charge in [-0.05, 0) is 20.3 Å². The molecular weight excluding hydrogens is 234 g/mol. The third kappa shape index (κ3) is 3.53. The van der Waals surface area contributed by atoms with Crippen molar-refractivity contribution in [1.29, 1.82) is 0 Å². The molecule has 0 saturated carbocycles. The lowest BCUT2D eigenvalue weighted by atomic mass is 10.0. The Bertz CT molecular complexity index is 458. The lowest BCUT2D eigenvalue weighted by molar-refractivity contribution is -0.385. The fourth-order valence-corrected chi connectivity index (χ4v) is 1.50. The Kier molecular flexibility index (Phi) is 4.38. The normalized spacial score (nSPS) is 11.2. The van der Waals surface area contributed by atoms with Crippen molar-refractivity contribution in [3.05, 3.63) is 39.9 Å². The maximum absolute atomic E-state index is 11.1. The van der Waals surface area contributed by atoms with Gasteiger partial charge in [0.2, 0.25) is 5.91 Å². The summed E-state index contributed by atoms with van der Waals surface area (Å²) in [5, 5.41) is 13.8. The maximum Gasteiger partial charge on any atom is 0.272 e.